The molecule has 1 fully saturated rings. The van der Waals surface area contributed by atoms with Crippen molar-refractivity contribution in [2.24, 2.45) is 0 Å². The number of carbonyl (C=O) groups is 1. The number of ether oxygens (including phenoxy) is 1. The van der Waals surface area contributed by atoms with Crippen LogP contribution in [0.15, 0.2) is 24.0 Å². The predicted octanol–water partition coefficient (Wildman–Crippen LogP) is 3.27. The van der Waals surface area contributed by atoms with Gasteiger partial charge in [-0.3, -0.25) is 4.79 Å². The van der Waals surface area contributed by atoms with Crippen LogP contribution in [0.3, 0.4) is 0 Å². The molecule has 1 aliphatic heterocycles. The molecule has 0 aromatic heterocycles. The monoisotopic (exact) mass is 224 g/mol. The summed E-state index contributed by atoms with van der Waals surface area (Å²) in [6.07, 6.45) is 12.9. The molecule has 0 aromatic carbocycles. The Morgan fingerprint density at radius 3 is 2.62 bits per heavy atom. The highest BCUT2D eigenvalue weighted by atomic mass is 16.6. The van der Waals surface area contributed by atoms with Crippen molar-refractivity contribution in [3.05, 3.63) is 24.0 Å². The Hall–Kier alpha value is -1.25. The number of hydrogen-bond acceptors (Lipinski definition) is 2. The Morgan fingerprint density at radius 1 is 1.19 bits per heavy atom. The highest BCUT2D eigenvalue weighted by Crippen LogP contribution is 2.15. The summed E-state index contributed by atoms with van der Waals surface area (Å²) in [6, 6.07) is 0. The summed E-state index contributed by atoms with van der Waals surface area (Å²) in [6.45, 7) is 0.827. The zero-order valence-electron chi connectivity index (χ0n) is 9.65. The smallest absolute Gasteiger partial charge is 0.303 e. The van der Waals surface area contributed by atoms with E-state index in [4.69, 9.17) is 9.84 Å². The van der Waals surface area contributed by atoms with Crippen LogP contribution in [0.2, 0.25) is 0 Å². The van der Waals surface area contributed by atoms with E-state index in [1.165, 1.54) is 0 Å². The average Bonchev–Trinajstić information content (AvgIpc) is 3.04. The number of carboxylic acid groups (broad SMARTS) is 1. The van der Waals surface area contributed by atoms with E-state index in [2.05, 4.69) is 18.2 Å². The van der Waals surface area contributed by atoms with Crippen LogP contribution in [-0.2, 0) is 9.53 Å². The topological polar surface area (TPSA) is 49.8 Å². The Morgan fingerprint density at radius 2 is 1.94 bits per heavy atom. The Kier molecular flexibility index (Phi) is 6.38. The maximum Gasteiger partial charge on any atom is 0.303 e. The van der Waals surface area contributed by atoms with E-state index in [9.17, 15) is 4.79 Å². The molecule has 1 rings (SSSR count). The van der Waals surface area contributed by atoms with Gasteiger partial charge in [0, 0.05) is 6.42 Å². The first-order chi connectivity index (χ1) is 7.79. The maximum atomic E-state index is 10.2. The van der Waals surface area contributed by atoms with Crippen LogP contribution in [0, 0.1) is 0 Å². The van der Waals surface area contributed by atoms with E-state index in [0.717, 1.165) is 50.9 Å². The summed E-state index contributed by atoms with van der Waals surface area (Å²) >= 11 is 0. The van der Waals surface area contributed by atoms with Crippen molar-refractivity contribution in [3.8, 4) is 0 Å². The molecule has 0 bridgehead atoms. The molecule has 0 radical (unpaired) electrons. The average molecular weight is 224 g/mol. The molecule has 0 unspecified atom stereocenters. The molecule has 0 atom stereocenters. The van der Waals surface area contributed by atoms with Gasteiger partial charge in [-0.1, -0.05) is 18.6 Å². The first-order valence-electron chi connectivity index (χ1n) is 5.97. The highest BCUT2D eigenvalue weighted by molar-refractivity contribution is 5.66. The lowest BCUT2D eigenvalue weighted by molar-refractivity contribution is -0.137. The molecule has 1 saturated heterocycles. The van der Waals surface area contributed by atoms with Crippen LogP contribution in [0.5, 0.6) is 0 Å². The quantitative estimate of drug-likeness (QED) is 0.371. The summed E-state index contributed by atoms with van der Waals surface area (Å²) < 4.78 is 4.99. The van der Waals surface area contributed by atoms with Gasteiger partial charge in [-0.2, -0.15) is 0 Å². The predicted molar refractivity (Wildman–Crippen MR) is 63.1 cm³/mol. The molecule has 0 amide bonds. The van der Waals surface area contributed by atoms with Gasteiger partial charge < -0.3 is 9.84 Å². The fraction of sp³-hybridized carbons (Fsp3) is 0.615. The molecule has 0 aromatic rings. The number of epoxide rings is 1. The normalized spacial score (nSPS) is 16.6. The van der Waals surface area contributed by atoms with E-state index in [0.29, 0.717) is 6.42 Å². The van der Waals surface area contributed by atoms with Crippen molar-refractivity contribution in [1.29, 1.82) is 0 Å². The first kappa shape index (κ1) is 12.8. The second-order valence-corrected chi connectivity index (χ2v) is 4.00. The SMILES string of the molecule is O=C(O)CCCCCC=CCCC=C1CO1. The highest BCUT2D eigenvalue weighted by Gasteiger charge is 2.10. The number of aliphatic carboxylic acids is 1. The number of allylic oxidation sites excluding steroid dienone is 3. The fourth-order valence-electron chi connectivity index (χ4n) is 1.45. The minimum atomic E-state index is -0.689. The maximum absolute atomic E-state index is 10.2. The molecular weight excluding hydrogens is 204 g/mol. The Labute approximate surface area is 96.8 Å². The molecule has 3 heteroatoms. The minimum Gasteiger partial charge on any atom is -0.487 e. The van der Waals surface area contributed by atoms with Gasteiger partial charge in [0.05, 0.1) is 0 Å². The summed E-state index contributed by atoms with van der Waals surface area (Å²) in [7, 11) is 0. The van der Waals surface area contributed by atoms with Crippen LogP contribution in [-0.4, -0.2) is 17.7 Å². The van der Waals surface area contributed by atoms with E-state index < -0.39 is 5.97 Å². The van der Waals surface area contributed by atoms with E-state index in [1.54, 1.807) is 0 Å². The second kappa shape index (κ2) is 7.97. The van der Waals surface area contributed by atoms with Crippen LogP contribution in [0.1, 0.15) is 44.9 Å². The van der Waals surface area contributed by atoms with Crippen LogP contribution in [0.4, 0.5) is 0 Å². The van der Waals surface area contributed by atoms with Crippen molar-refractivity contribution < 1.29 is 14.6 Å². The van der Waals surface area contributed by atoms with Gasteiger partial charge in [0.1, 0.15) is 12.4 Å². The number of carboxylic acids is 1. The first-order valence-corrected chi connectivity index (χ1v) is 5.97. The third kappa shape index (κ3) is 8.09. The molecule has 1 heterocycles. The lowest BCUT2D eigenvalue weighted by atomic mass is 10.1. The standard InChI is InChI=1S/C13H20O3/c14-13(15)10-8-6-4-2-1-3-5-7-9-12-11-16-12/h1,3,9H,2,4-8,10-11H2,(H,14,15). The zero-order chi connectivity index (χ0) is 11.6. The number of rotatable bonds is 9. The van der Waals surface area contributed by atoms with Gasteiger partial charge in [-0.05, 0) is 38.2 Å². The molecule has 0 aliphatic carbocycles. The summed E-state index contributed by atoms with van der Waals surface area (Å²) in [4.78, 5) is 10.2. The molecule has 90 valence electrons. The third-order valence-corrected chi connectivity index (χ3v) is 2.44. The van der Waals surface area contributed by atoms with Crippen molar-refractivity contribution in [2.75, 3.05) is 6.61 Å². The molecule has 16 heavy (non-hydrogen) atoms. The van der Waals surface area contributed by atoms with E-state index >= 15 is 0 Å². The van der Waals surface area contributed by atoms with Crippen molar-refractivity contribution >= 4 is 5.97 Å². The summed E-state index contributed by atoms with van der Waals surface area (Å²) in [5.41, 5.74) is 0. The van der Waals surface area contributed by atoms with E-state index in [-0.39, 0.29) is 0 Å². The lowest BCUT2D eigenvalue weighted by Gasteiger charge is -1.95. The van der Waals surface area contributed by atoms with Gasteiger partial charge in [0.15, 0.2) is 0 Å². The van der Waals surface area contributed by atoms with Gasteiger partial charge in [0.2, 0.25) is 0 Å². The van der Waals surface area contributed by atoms with Crippen molar-refractivity contribution in [3.63, 3.8) is 0 Å². The number of hydrogen-bond donors (Lipinski definition) is 1. The Balaban J connectivity index is 1.80. The van der Waals surface area contributed by atoms with Crippen LogP contribution < -0.4 is 0 Å². The van der Waals surface area contributed by atoms with Crippen molar-refractivity contribution in [2.45, 2.75) is 44.9 Å². The van der Waals surface area contributed by atoms with Gasteiger partial charge in [-0.25, -0.2) is 0 Å². The Bertz CT molecular complexity index is 260. The minimum absolute atomic E-state index is 0.303. The summed E-state index contributed by atoms with van der Waals surface area (Å²) in [5.74, 6) is 0.438. The van der Waals surface area contributed by atoms with Gasteiger partial charge in [-0.15, -0.1) is 0 Å². The lowest BCUT2D eigenvalue weighted by Crippen LogP contribution is -1.93. The van der Waals surface area contributed by atoms with Crippen LogP contribution >= 0.6 is 0 Å². The van der Waals surface area contributed by atoms with Crippen molar-refractivity contribution in [1.82, 2.24) is 0 Å². The third-order valence-electron chi connectivity index (χ3n) is 2.44. The zero-order valence-corrected chi connectivity index (χ0v) is 9.65. The van der Waals surface area contributed by atoms with Gasteiger partial charge in [0.25, 0.3) is 0 Å². The molecule has 3 nitrogen and oxygen atoms in total. The summed E-state index contributed by atoms with van der Waals surface area (Å²) in [5, 5.41) is 8.43. The van der Waals surface area contributed by atoms with Crippen LogP contribution in [0.25, 0.3) is 0 Å². The number of unbranched alkanes of at least 4 members (excludes halogenated alkanes) is 4. The fourth-order valence-corrected chi connectivity index (χ4v) is 1.45. The largest absolute Gasteiger partial charge is 0.487 e. The molecule has 0 saturated carbocycles. The molecule has 1 N–H and O–H groups in total. The second-order valence-electron chi connectivity index (χ2n) is 4.00. The molecule has 0 spiro atoms. The van der Waals surface area contributed by atoms with Gasteiger partial charge >= 0.3 is 5.97 Å². The van der Waals surface area contributed by atoms with E-state index in [1.807, 2.05) is 0 Å². The molecule has 1 aliphatic rings. The molecular formula is C13H20O3.